The summed E-state index contributed by atoms with van der Waals surface area (Å²) in [7, 11) is 0. The first-order valence-electron chi connectivity index (χ1n) is 7.36. The summed E-state index contributed by atoms with van der Waals surface area (Å²) in [6.45, 7) is 5.89. The lowest BCUT2D eigenvalue weighted by Crippen LogP contribution is -2.39. The van der Waals surface area contributed by atoms with Gasteiger partial charge in [-0.15, -0.1) is 0 Å². The Balaban J connectivity index is 1.62. The van der Waals surface area contributed by atoms with Gasteiger partial charge in [0.05, 0.1) is 12.0 Å². The van der Waals surface area contributed by atoms with Crippen molar-refractivity contribution < 1.29 is 19.1 Å². The zero-order chi connectivity index (χ0) is 13.7. The zero-order valence-electron chi connectivity index (χ0n) is 11.8. The molecule has 0 aromatic heterocycles. The van der Waals surface area contributed by atoms with E-state index < -0.39 is 0 Å². The zero-order valence-corrected chi connectivity index (χ0v) is 11.8. The van der Waals surface area contributed by atoms with Gasteiger partial charge in [0.2, 0.25) is 0 Å². The van der Waals surface area contributed by atoms with Crippen LogP contribution >= 0.6 is 0 Å². The molecule has 0 aromatic rings. The number of hydrogen-bond acceptors (Lipinski definition) is 4. The van der Waals surface area contributed by atoms with Crippen molar-refractivity contribution in [1.29, 1.82) is 0 Å². The van der Waals surface area contributed by atoms with Crippen LogP contribution in [0.3, 0.4) is 0 Å². The molecule has 4 nitrogen and oxygen atoms in total. The predicted molar refractivity (Wildman–Crippen MR) is 68.4 cm³/mol. The Morgan fingerprint density at radius 3 is 2.79 bits per heavy atom. The second kappa shape index (κ2) is 4.58. The summed E-state index contributed by atoms with van der Waals surface area (Å²) >= 11 is 0. The lowest BCUT2D eigenvalue weighted by Gasteiger charge is -2.28. The van der Waals surface area contributed by atoms with Crippen molar-refractivity contribution in [1.82, 2.24) is 0 Å². The fourth-order valence-electron chi connectivity index (χ4n) is 3.97. The SMILES string of the molecule is CC(C)CC(=O)C(C)OC1C2CC3C(=O)OC1C3C2. The van der Waals surface area contributed by atoms with E-state index in [4.69, 9.17) is 9.47 Å². The Labute approximate surface area is 113 Å². The van der Waals surface area contributed by atoms with Gasteiger partial charge in [-0.25, -0.2) is 0 Å². The van der Waals surface area contributed by atoms with E-state index in [0.29, 0.717) is 24.2 Å². The summed E-state index contributed by atoms with van der Waals surface area (Å²) in [4.78, 5) is 23.6. The third kappa shape index (κ3) is 2.10. The molecule has 0 spiro atoms. The lowest BCUT2D eigenvalue weighted by atomic mass is 9.88. The molecule has 6 unspecified atom stereocenters. The van der Waals surface area contributed by atoms with Crippen LogP contribution in [-0.4, -0.2) is 30.1 Å². The van der Waals surface area contributed by atoms with E-state index in [1.807, 2.05) is 20.8 Å². The van der Waals surface area contributed by atoms with Gasteiger partial charge in [0.15, 0.2) is 5.78 Å². The van der Waals surface area contributed by atoms with Crippen molar-refractivity contribution in [3.05, 3.63) is 0 Å². The van der Waals surface area contributed by atoms with Crippen molar-refractivity contribution >= 4 is 11.8 Å². The predicted octanol–water partition coefficient (Wildman–Crippen LogP) is 1.96. The van der Waals surface area contributed by atoms with Gasteiger partial charge in [0.1, 0.15) is 12.2 Å². The molecule has 0 aromatic carbocycles. The molecule has 6 atom stereocenters. The number of ketones is 1. The Kier molecular flexibility index (Phi) is 3.16. The van der Waals surface area contributed by atoms with Gasteiger partial charge in [0.25, 0.3) is 0 Å². The van der Waals surface area contributed by atoms with Crippen molar-refractivity contribution in [2.24, 2.45) is 23.7 Å². The van der Waals surface area contributed by atoms with Crippen LogP contribution in [0, 0.1) is 23.7 Å². The topological polar surface area (TPSA) is 52.6 Å². The van der Waals surface area contributed by atoms with E-state index in [0.717, 1.165) is 12.8 Å². The van der Waals surface area contributed by atoms with Crippen molar-refractivity contribution in [2.75, 3.05) is 0 Å². The minimum absolute atomic E-state index is 0.0511. The molecule has 2 bridgehead atoms. The Morgan fingerprint density at radius 1 is 1.37 bits per heavy atom. The second-order valence-corrected chi connectivity index (χ2v) is 6.71. The molecule has 4 heteroatoms. The molecular weight excluding hydrogens is 244 g/mol. The van der Waals surface area contributed by atoms with Crippen LogP contribution in [0.5, 0.6) is 0 Å². The average Bonchev–Trinajstić information content (AvgIpc) is 2.92. The van der Waals surface area contributed by atoms with Crippen LogP contribution in [0.25, 0.3) is 0 Å². The van der Waals surface area contributed by atoms with Gasteiger partial charge in [-0.1, -0.05) is 13.8 Å². The van der Waals surface area contributed by atoms with Gasteiger partial charge in [0, 0.05) is 12.3 Å². The number of esters is 1. The van der Waals surface area contributed by atoms with Crippen molar-refractivity contribution in [2.45, 2.75) is 58.3 Å². The molecule has 3 aliphatic rings. The Hall–Kier alpha value is -0.900. The second-order valence-electron chi connectivity index (χ2n) is 6.71. The highest BCUT2D eigenvalue weighted by molar-refractivity contribution is 5.83. The molecule has 19 heavy (non-hydrogen) atoms. The van der Waals surface area contributed by atoms with Gasteiger partial charge < -0.3 is 9.47 Å². The summed E-state index contributed by atoms with van der Waals surface area (Å²) in [6.07, 6.45) is 1.93. The maximum atomic E-state index is 12.0. The van der Waals surface area contributed by atoms with Crippen LogP contribution < -0.4 is 0 Å². The first-order chi connectivity index (χ1) is 8.97. The van der Waals surface area contributed by atoms with Crippen LogP contribution in [0.1, 0.15) is 40.0 Å². The molecule has 3 fully saturated rings. The van der Waals surface area contributed by atoms with E-state index in [9.17, 15) is 9.59 Å². The third-order valence-corrected chi connectivity index (χ3v) is 4.84. The van der Waals surface area contributed by atoms with E-state index in [-0.39, 0.29) is 36.0 Å². The number of rotatable bonds is 5. The molecular formula is C15H22O4. The molecule has 1 aliphatic heterocycles. The molecule has 0 radical (unpaired) electrons. The molecule has 106 valence electrons. The summed E-state index contributed by atoms with van der Waals surface area (Å²) in [6, 6.07) is 0. The molecule has 0 amide bonds. The Morgan fingerprint density at radius 2 is 2.11 bits per heavy atom. The summed E-state index contributed by atoms with van der Waals surface area (Å²) in [5, 5.41) is 0. The minimum atomic E-state index is -0.385. The van der Waals surface area contributed by atoms with E-state index in [2.05, 4.69) is 0 Å². The first-order valence-corrected chi connectivity index (χ1v) is 7.36. The maximum absolute atomic E-state index is 12.0. The third-order valence-electron chi connectivity index (χ3n) is 4.84. The van der Waals surface area contributed by atoms with E-state index in [1.54, 1.807) is 0 Å². The number of carbonyl (C=O) groups excluding carboxylic acids is 2. The first kappa shape index (κ1) is 13.1. The number of hydrogen-bond donors (Lipinski definition) is 0. The summed E-state index contributed by atoms with van der Waals surface area (Å²) in [5.74, 6) is 1.31. The van der Waals surface area contributed by atoms with E-state index >= 15 is 0 Å². The average molecular weight is 266 g/mol. The fourth-order valence-corrected chi connectivity index (χ4v) is 3.97. The quantitative estimate of drug-likeness (QED) is 0.714. The minimum Gasteiger partial charge on any atom is -0.459 e. The van der Waals surface area contributed by atoms with Gasteiger partial charge >= 0.3 is 5.97 Å². The normalized spacial score (nSPS) is 40.8. The molecule has 2 saturated carbocycles. The van der Waals surface area contributed by atoms with Gasteiger partial charge in [-0.3, -0.25) is 9.59 Å². The molecule has 1 heterocycles. The largest absolute Gasteiger partial charge is 0.459 e. The Bertz CT molecular complexity index is 403. The number of Topliss-reactive ketones (excluding diaryl/α,β-unsaturated/α-hetero) is 1. The molecule has 0 N–H and O–H groups in total. The number of fused-ring (bicyclic) bond motifs is 1. The van der Waals surface area contributed by atoms with Crippen LogP contribution in [0.2, 0.25) is 0 Å². The van der Waals surface area contributed by atoms with Crippen molar-refractivity contribution in [3.63, 3.8) is 0 Å². The maximum Gasteiger partial charge on any atom is 0.309 e. The fraction of sp³-hybridized carbons (Fsp3) is 0.867. The molecule has 2 aliphatic carbocycles. The number of carbonyl (C=O) groups is 2. The van der Waals surface area contributed by atoms with Crippen LogP contribution in [-0.2, 0) is 19.1 Å². The van der Waals surface area contributed by atoms with Crippen molar-refractivity contribution in [3.8, 4) is 0 Å². The van der Waals surface area contributed by atoms with E-state index in [1.165, 1.54) is 0 Å². The summed E-state index contributed by atoms with van der Waals surface area (Å²) in [5.41, 5.74) is 0. The van der Waals surface area contributed by atoms with Gasteiger partial charge in [-0.2, -0.15) is 0 Å². The highest BCUT2D eigenvalue weighted by Gasteiger charge is 2.62. The number of ether oxygens (including phenoxy) is 2. The van der Waals surface area contributed by atoms with Crippen LogP contribution in [0.4, 0.5) is 0 Å². The molecule has 3 rings (SSSR count). The summed E-state index contributed by atoms with van der Waals surface area (Å²) < 4.78 is 11.4. The molecule has 1 saturated heterocycles. The standard InChI is InChI=1S/C15H22O4/c1-7(2)4-12(16)8(3)18-13-9-5-10-11(6-9)15(17)19-14(10)13/h7-11,13-14H,4-6H2,1-3H3. The smallest absolute Gasteiger partial charge is 0.309 e. The van der Waals surface area contributed by atoms with Crippen LogP contribution in [0.15, 0.2) is 0 Å². The highest BCUT2D eigenvalue weighted by atomic mass is 16.6. The van der Waals surface area contributed by atoms with Gasteiger partial charge in [-0.05, 0) is 31.6 Å². The highest BCUT2D eigenvalue weighted by Crippen LogP contribution is 2.55. The monoisotopic (exact) mass is 266 g/mol. The lowest BCUT2D eigenvalue weighted by molar-refractivity contribution is -0.152.